The number of nitrogens with zero attached hydrogens (tertiary/aromatic N) is 2. The highest BCUT2D eigenvalue weighted by Crippen LogP contribution is 2.66. The minimum absolute atomic E-state index is 0.0663. The van der Waals surface area contributed by atoms with E-state index in [0.717, 1.165) is 49.2 Å². The molecule has 3 aliphatic heterocycles. The Morgan fingerprint density at radius 2 is 1.86 bits per heavy atom. The second kappa shape index (κ2) is 8.99. The molecule has 37 heavy (non-hydrogen) atoms. The number of carbonyl (C=O) groups excluding carboxylic acids is 2. The van der Waals surface area contributed by atoms with Crippen LogP contribution in [0, 0.1) is 5.41 Å². The number of benzene rings is 2. The summed E-state index contributed by atoms with van der Waals surface area (Å²) in [6, 6.07) is 15.7. The first-order chi connectivity index (χ1) is 18.0. The molecule has 1 saturated carbocycles. The van der Waals surface area contributed by atoms with Crippen LogP contribution in [0.4, 0.5) is 5.69 Å². The zero-order chi connectivity index (χ0) is 25.8. The lowest BCUT2D eigenvalue weighted by Crippen LogP contribution is -2.69. The van der Waals surface area contributed by atoms with E-state index in [1.165, 1.54) is 7.11 Å². The van der Waals surface area contributed by atoms with Gasteiger partial charge in [-0.3, -0.25) is 9.69 Å². The molecule has 1 spiro atoms. The Labute approximate surface area is 217 Å². The van der Waals surface area contributed by atoms with Gasteiger partial charge in [-0.2, -0.15) is 0 Å². The van der Waals surface area contributed by atoms with Gasteiger partial charge in [-0.15, -0.1) is 0 Å². The fourth-order valence-electron chi connectivity index (χ4n) is 8.19. The summed E-state index contributed by atoms with van der Waals surface area (Å²) in [6.45, 7) is 1.80. The van der Waals surface area contributed by atoms with Gasteiger partial charge in [0.15, 0.2) is 6.10 Å². The molecule has 7 nitrogen and oxygen atoms in total. The molecular formula is C30H34N2O5. The van der Waals surface area contributed by atoms with E-state index in [1.807, 2.05) is 53.4 Å². The number of esters is 1. The fourth-order valence-corrected chi connectivity index (χ4v) is 8.19. The molecule has 2 saturated heterocycles. The van der Waals surface area contributed by atoms with Crippen molar-refractivity contribution in [3.63, 3.8) is 0 Å². The van der Waals surface area contributed by atoms with Gasteiger partial charge in [0.25, 0.3) is 5.91 Å². The van der Waals surface area contributed by atoms with E-state index in [1.54, 1.807) is 13.2 Å². The highest BCUT2D eigenvalue weighted by Gasteiger charge is 2.71. The standard InChI is InChI=1S/C30H34N2O5/c1-36-22-11-6-10-21-25(22)32(24(33)13-12-20-8-4-3-5-9-20)23-14-16-29(26(34)27(35)37-2)15-7-18-31-19-17-30(21,23)28(29)31/h3-6,8-13,23,26,28,34H,7,14-19H2,1-2H3/b13-12+/t23-,26?,28-,29-,30-/m1/s1. The van der Waals surface area contributed by atoms with Crippen LogP contribution in [-0.4, -0.2) is 67.4 Å². The molecule has 0 bridgehead atoms. The highest BCUT2D eigenvalue weighted by atomic mass is 16.5. The van der Waals surface area contributed by atoms with Gasteiger partial charge in [0, 0.05) is 29.0 Å². The summed E-state index contributed by atoms with van der Waals surface area (Å²) in [5.41, 5.74) is 1.88. The second-order valence-electron chi connectivity index (χ2n) is 10.9. The van der Waals surface area contributed by atoms with Gasteiger partial charge in [-0.25, -0.2) is 4.79 Å². The van der Waals surface area contributed by atoms with Crippen LogP contribution >= 0.6 is 0 Å². The van der Waals surface area contributed by atoms with Gasteiger partial charge >= 0.3 is 5.97 Å². The summed E-state index contributed by atoms with van der Waals surface area (Å²) in [7, 11) is 2.98. The molecule has 7 heteroatoms. The number of hydrogen-bond acceptors (Lipinski definition) is 6. The molecule has 2 aromatic carbocycles. The number of rotatable bonds is 5. The van der Waals surface area contributed by atoms with Gasteiger partial charge in [-0.05, 0) is 68.5 Å². The quantitative estimate of drug-likeness (QED) is 0.498. The van der Waals surface area contributed by atoms with Crippen LogP contribution < -0.4 is 9.64 Å². The monoisotopic (exact) mass is 502 g/mol. The van der Waals surface area contributed by atoms with Gasteiger partial charge in [0.2, 0.25) is 0 Å². The molecule has 1 amide bonds. The molecule has 194 valence electrons. The molecule has 0 aromatic heterocycles. The van der Waals surface area contributed by atoms with Crippen molar-refractivity contribution in [2.45, 2.75) is 55.7 Å². The minimum Gasteiger partial charge on any atom is -0.495 e. The van der Waals surface area contributed by atoms with Gasteiger partial charge in [0.1, 0.15) is 5.75 Å². The van der Waals surface area contributed by atoms with E-state index >= 15 is 0 Å². The Kier molecular flexibility index (Phi) is 5.88. The molecule has 1 N–H and O–H groups in total. The zero-order valence-corrected chi connectivity index (χ0v) is 21.4. The molecule has 6 rings (SSSR count). The van der Waals surface area contributed by atoms with E-state index in [2.05, 4.69) is 11.0 Å². The van der Waals surface area contributed by atoms with Gasteiger partial charge in [-0.1, -0.05) is 42.5 Å². The average Bonchev–Trinajstić information content (AvgIpc) is 3.48. The van der Waals surface area contributed by atoms with Crippen molar-refractivity contribution >= 4 is 23.6 Å². The SMILES string of the molecule is COC(=O)C(O)[C@@]12CCCN3CC[C@]4(c5cccc(OC)c5N(C(=O)/C=C/c5ccccc5)[C@@H]4CC1)[C@H]32. The van der Waals surface area contributed by atoms with E-state index in [0.29, 0.717) is 18.6 Å². The van der Waals surface area contributed by atoms with Crippen LogP contribution in [0.25, 0.3) is 6.08 Å². The predicted octanol–water partition coefficient (Wildman–Crippen LogP) is 3.54. The minimum atomic E-state index is -1.20. The summed E-state index contributed by atoms with van der Waals surface area (Å²) in [5.74, 6) is 0.0350. The Bertz CT molecular complexity index is 1250. The normalized spacial score (nSPS) is 30.9. The van der Waals surface area contributed by atoms with E-state index in [9.17, 15) is 14.7 Å². The van der Waals surface area contributed by atoms with Crippen molar-refractivity contribution in [3.05, 3.63) is 65.7 Å². The molecule has 3 fully saturated rings. The molecule has 1 unspecified atom stereocenters. The number of carbonyl (C=O) groups is 2. The lowest BCUT2D eigenvalue weighted by molar-refractivity contribution is -0.172. The second-order valence-corrected chi connectivity index (χ2v) is 10.9. The number of aliphatic hydroxyl groups excluding tert-OH is 1. The van der Waals surface area contributed by atoms with E-state index in [4.69, 9.17) is 9.47 Å². The number of fused-ring (bicyclic) bond motifs is 1. The Morgan fingerprint density at radius 1 is 1.05 bits per heavy atom. The number of ether oxygens (including phenoxy) is 2. The largest absolute Gasteiger partial charge is 0.495 e. The van der Waals surface area contributed by atoms with Crippen molar-refractivity contribution in [2.24, 2.45) is 5.41 Å². The molecule has 0 radical (unpaired) electrons. The van der Waals surface area contributed by atoms with Crippen molar-refractivity contribution in [1.82, 2.24) is 4.90 Å². The van der Waals surface area contributed by atoms with Crippen molar-refractivity contribution in [2.75, 3.05) is 32.2 Å². The Balaban J connectivity index is 1.49. The maximum absolute atomic E-state index is 14.0. The zero-order valence-electron chi connectivity index (χ0n) is 21.4. The number of methoxy groups -OCH3 is 2. The molecule has 3 heterocycles. The number of anilines is 1. The topological polar surface area (TPSA) is 79.3 Å². The first-order valence-electron chi connectivity index (χ1n) is 13.2. The van der Waals surface area contributed by atoms with Crippen LogP contribution in [0.15, 0.2) is 54.6 Å². The van der Waals surface area contributed by atoms with Gasteiger partial charge < -0.3 is 19.5 Å². The molecular weight excluding hydrogens is 468 g/mol. The third-order valence-corrected chi connectivity index (χ3v) is 9.47. The Morgan fingerprint density at radius 3 is 2.62 bits per heavy atom. The number of hydrogen-bond donors (Lipinski definition) is 1. The molecule has 1 aliphatic carbocycles. The van der Waals surface area contributed by atoms with Crippen LogP contribution in [0.5, 0.6) is 5.75 Å². The van der Waals surface area contributed by atoms with E-state index in [-0.39, 0.29) is 18.0 Å². The Hall–Kier alpha value is -3.16. The summed E-state index contributed by atoms with van der Waals surface area (Å²) in [5, 5.41) is 11.4. The first-order valence-corrected chi connectivity index (χ1v) is 13.2. The maximum atomic E-state index is 14.0. The summed E-state index contributed by atoms with van der Waals surface area (Å²) in [4.78, 5) is 31.1. The van der Waals surface area contributed by atoms with Crippen molar-refractivity contribution in [3.8, 4) is 5.75 Å². The highest BCUT2D eigenvalue weighted by molar-refractivity contribution is 6.07. The number of piperidine rings is 1. The molecule has 5 atom stereocenters. The molecule has 2 aromatic rings. The fraction of sp³-hybridized carbons (Fsp3) is 0.467. The van der Waals surface area contributed by atoms with Crippen LogP contribution in [-0.2, 0) is 19.7 Å². The first kappa shape index (κ1) is 24.2. The smallest absolute Gasteiger partial charge is 0.335 e. The maximum Gasteiger partial charge on any atom is 0.335 e. The van der Waals surface area contributed by atoms with Crippen molar-refractivity contribution in [1.29, 1.82) is 0 Å². The lowest BCUT2D eigenvalue weighted by Gasteiger charge is -2.59. The third-order valence-electron chi connectivity index (χ3n) is 9.47. The van der Waals surface area contributed by atoms with Crippen LogP contribution in [0.2, 0.25) is 0 Å². The molecule has 4 aliphatic rings. The van der Waals surface area contributed by atoms with Crippen molar-refractivity contribution < 1.29 is 24.2 Å². The summed E-state index contributed by atoms with van der Waals surface area (Å²) >= 11 is 0. The summed E-state index contributed by atoms with van der Waals surface area (Å²) < 4.78 is 10.9. The van der Waals surface area contributed by atoms with Gasteiger partial charge in [0.05, 0.1) is 19.9 Å². The number of para-hydroxylation sites is 1. The average molecular weight is 503 g/mol. The lowest BCUT2D eigenvalue weighted by atomic mass is 9.51. The summed E-state index contributed by atoms with van der Waals surface area (Å²) in [6.07, 6.45) is 6.23. The number of amides is 1. The van der Waals surface area contributed by atoms with Crippen LogP contribution in [0.1, 0.15) is 43.2 Å². The third kappa shape index (κ3) is 3.33. The predicted molar refractivity (Wildman–Crippen MR) is 140 cm³/mol. The van der Waals surface area contributed by atoms with Crippen LogP contribution in [0.3, 0.4) is 0 Å². The number of aliphatic hydroxyl groups is 1. The van der Waals surface area contributed by atoms with E-state index < -0.39 is 22.9 Å².